The first-order valence-electron chi connectivity index (χ1n) is 9.23. The molecule has 2 aromatic rings. The Morgan fingerprint density at radius 3 is 2.71 bits per heavy atom. The smallest absolute Gasteiger partial charge is 0.273 e. The molecule has 1 amide bonds. The fourth-order valence-electron chi connectivity index (χ4n) is 3.77. The topological polar surface area (TPSA) is 96.0 Å². The van der Waals surface area contributed by atoms with Crippen molar-refractivity contribution in [1.29, 1.82) is 5.26 Å². The molecule has 1 aromatic heterocycles. The van der Waals surface area contributed by atoms with Gasteiger partial charge in [0.2, 0.25) is 0 Å². The molecule has 1 aliphatic rings. The maximum Gasteiger partial charge on any atom is 0.273 e. The molecule has 0 radical (unpaired) electrons. The van der Waals surface area contributed by atoms with Crippen LogP contribution in [0, 0.1) is 39.7 Å². The minimum atomic E-state index is -0.497. The Bertz CT molecular complexity index is 996. The van der Waals surface area contributed by atoms with E-state index < -0.39 is 10.8 Å². The number of amides is 1. The number of carbonyl (C=O) groups excluding carboxylic acids is 1. The van der Waals surface area contributed by atoms with E-state index >= 15 is 0 Å². The molecule has 0 saturated heterocycles. The van der Waals surface area contributed by atoms with E-state index in [1.54, 1.807) is 13.0 Å². The Hall–Kier alpha value is -2.72. The number of carbonyl (C=O) groups is 1. The van der Waals surface area contributed by atoms with Gasteiger partial charge in [0.25, 0.3) is 11.6 Å². The first-order chi connectivity index (χ1) is 13.1. The average Bonchev–Trinajstić information content (AvgIpc) is 2.96. The number of benzene rings is 1. The van der Waals surface area contributed by atoms with Gasteiger partial charge in [-0.05, 0) is 49.1 Å². The number of thiophene rings is 1. The maximum absolute atomic E-state index is 12.8. The Labute approximate surface area is 168 Å². The van der Waals surface area contributed by atoms with Crippen LogP contribution in [0.1, 0.15) is 59.1 Å². The van der Waals surface area contributed by atoms with Crippen LogP contribution in [0.2, 0.25) is 0 Å². The fourth-order valence-corrected chi connectivity index (χ4v) is 5.04. The summed E-state index contributed by atoms with van der Waals surface area (Å²) in [6, 6.07) is 6.69. The second-order valence-corrected chi connectivity index (χ2v) is 9.39. The Balaban J connectivity index is 1.91. The maximum atomic E-state index is 12.8. The third-order valence-electron chi connectivity index (χ3n) is 5.58. The van der Waals surface area contributed by atoms with Gasteiger partial charge >= 0.3 is 0 Å². The highest BCUT2D eigenvalue weighted by atomic mass is 32.1. The van der Waals surface area contributed by atoms with Crippen LogP contribution >= 0.6 is 11.3 Å². The molecule has 146 valence electrons. The number of nitro benzene ring substituents is 1. The number of anilines is 1. The molecule has 1 atom stereocenters. The number of fused-ring (bicyclic) bond motifs is 1. The van der Waals surface area contributed by atoms with Gasteiger partial charge in [0.1, 0.15) is 11.1 Å². The lowest BCUT2D eigenvalue weighted by atomic mass is 9.72. The monoisotopic (exact) mass is 397 g/mol. The summed E-state index contributed by atoms with van der Waals surface area (Å²) in [5.41, 5.74) is 2.24. The van der Waals surface area contributed by atoms with Gasteiger partial charge in [-0.2, -0.15) is 5.26 Å². The summed E-state index contributed by atoms with van der Waals surface area (Å²) in [5.74, 6) is 0.108. The van der Waals surface area contributed by atoms with Crippen LogP contribution in [0.3, 0.4) is 0 Å². The highest BCUT2D eigenvalue weighted by Gasteiger charge is 2.32. The number of rotatable bonds is 3. The zero-order valence-corrected chi connectivity index (χ0v) is 17.3. The molecule has 0 spiro atoms. The molecule has 0 unspecified atom stereocenters. The van der Waals surface area contributed by atoms with Crippen LogP contribution in [0.5, 0.6) is 0 Å². The first-order valence-corrected chi connectivity index (χ1v) is 10.0. The van der Waals surface area contributed by atoms with Crippen molar-refractivity contribution in [2.24, 2.45) is 11.3 Å². The van der Waals surface area contributed by atoms with Gasteiger partial charge in [0.15, 0.2) is 0 Å². The Morgan fingerprint density at radius 2 is 2.11 bits per heavy atom. The SMILES string of the molecule is Cc1c(C(=O)Nc2sc3c(c2C#N)CC[C@@H](C(C)(C)C)C3)cccc1[N+](=O)[O-]. The molecule has 0 saturated carbocycles. The molecular weight excluding hydrogens is 374 g/mol. The Morgan fingerprint density at radius 1 is 1.39 bits per heavy atom. The number of hydrogen-bond acceptors (Lipinski definition) is 5. The summed E-state index contributed by atoms with van der Waals surface area (Å²) >= 11 is 1.46. The molecule has 1 aromatic carbocycles. The number of nitrogens with zero attached hydrogens (tertiary/aromatic N) is 2. The summed E-state index contributed by atoms with van der Waals surface area (Å²) in [7, 11) is 0. The second-order valence-electron chi connectivity index (χ2n) is 8.29. The van der Waals surface area contributed by atoms with E-state index in [1.807, 2.05) is 0 Å². The summed E-state index contributed by atoms with van der Waals surface area (Å²) in [6.07, 6.45) is 2.77. The second kappa shape index (κ2) is 7.36. The van der Waals surface area contributed by atoms with Crippen LogP contribution < -0.4 is 5.32 Å². The minimum Gasteiger partial charge on any atom is -0.312 e. The zero-order valence-electron chi connectivity index (χ0n) is 16.5. The lowest BCUT2D eigenvalue weighted by molar-refractivity contribution is -0.385. The van der Waals surface area contributed by atoms with Crippen molar-refractivity contribution < 1.29 is 9.72 Å². The standard InChI is InChI=1S/C21H23N3O3S/c1-12-14(6-5-7-17(12)24(26)27)19(25)23-20-16(11-22)15-9-8-13(21(2,3)4)10-18(15)28-20/h5-7,13H,8-10H2,1-4H3,(H,23,25)/t13-/m1/s1. The molecule has 28 heavy (non-hydrogen) atoms. The van der Waals surface area contributed by atoms with E-state index in [1.165, 1.54) is 23.5 Å². The molecular formula is C21H23N3O3S. The molecule has 3 rings (SSSR count). The van der Waals surface area contributed by atoms with Crippen molar-refractivity contribution in [3.63, 3.8) is 0 Å². The average molecular weight is 398 g/mol. The van der Waals surface area contributed by atoms with Crippen LogP contribution in [0.4, 0.5) is 10.7 Å². The van der Waals surface area contributed by atoms with Gasteiger partial charge < -0.3 is 5.32 Å². The van der Waals surface area contributed by atoms with Gasteiger partial charge in [-0.1, -0.05) is 26.8 Å². The quantitative estimate of drug-likeness (QED) is 0.566. The fraction of sp³-hybridized carbons (Fsp3) is 0.429. The summed E-state index contributed by atoms with van der Waals surface area (Å²) in [6.45, 7) is 8.26. The van der Waals surface area contributed by atoms with Gasteiger partial charge in [-0.25, -0.2) is 0 Å². The van der Waals surface area contributed by atoms with Gasteiger partial charge in [0, 0.05) is 22.1 Å². The van der Waals surface area contributed by atoms with Gasteiger partial charge in [0.05, 0.1) is 10.5 Å². The van der Waals surface area contributed by atoms with Crippen LogP contribution in [-0.4, -0.2) is 10.8 Å². The van der Waals surface area contributed by atoms with Crippen molar-refractivity contribution in [2.75, 3.05) is 5.32 Å². The van der Waals surface area contributed by atoms with Crippen LogP contribution in [0.15, 0.2) is 18.2 Å². The third-order valence-corrected chi connectivity index (χ3v) is 6.75. The Kier molecular flexibility index (Phi) is 5.26. The first kappa shape index (κ1) is 20.0. The highest BCUT2D eigenvalue weighted by Crippen LogP contribution is 2.44. The molecule has 6 nitrogen and oxygen atoms in total. The normalized spacial score (nSPS) is 16.2. The minimum absolute atomic E-state index is 0.0911. The predicted octanol–water partition coefficient (Wildman–Crippen LogP) is 5.24. The van der Waals surface area contributed by atoms with E-state index in [9.17, 15) is 20.2 Å². The largest absolute Gasteiger partial charge is 0.312 e. The predicted molar refractivity (Wildman–Crippen MR) is 110 cm³/mol. The number of nitrogens with one attached hydrogen (secondary N) is 1. The highest BCUT2D eigenvalue weighted by molar-refractivity contribution is 7.16. The van der Waals surface area contributed by atoms with Crippen molar-refractivity contribution in [1.82, 2.24) is 0 Å². The van der Waals surface area contributed by atoms with Crippen molar-refractivity contribution in [2.45, 2.75) is 47.0 Å². The van der Waals surface area contributed by atoms with Crippen LogP contribution in [0.25, 0.3) is 0 Å². The van der Waals surface area contributed by atoms with Crippen LogP contribution in [-0.2, 0) is 12.8 Å². The van der Waals surface area contributed by atoms with E-state index in [2.05, 4.69) is 32.2 Å². The molecule has 1 aliphatic carbocycles. The molecule has 0 fully saturated rings. The molecule has 7 heteroatoms. The van der Waals surface area contributed by atoms with E-state index in [4.69, 9.17) is 0 Å². The number of nitriles is 1. The van der Waals surface area contributed by atoms with E-state index in [-0.39, 0.29) is 16.7 Å². The summed E-state index contributed by atoms with van der Waals surface area (Å²) in [5, 5.41) is 24.2. The van der Waals surface area contributed by atoms with Crippen molar-refractivity contribution in [3.05, 3.63) is 55.4 Å². The lowest BCUT2D eigenvalue weighted by Crippen LogP contribution is -2.26. The van der Waals surface area contributed by atoms with E-state index in [0.29, 0.717) is 22.0 Å². The lowest BCUT2D eigenvalue weighted by Gasteiger charge is -2.33. The van der Waals surface area contributed by atoms with Crippen molar-refractivity contribution >= 4 is 27.9 Å². The third kappa shape index (κ3) is 3.65. The van der Waals surface area contributed by atoms with Gasteiger partial charge in [-0.3, -0.25) is 14.9 Å². The van der Waals surface area contributed by atoms with Gasteiger partial charge in [-0.15, -0.1) is 11.3 Å². The summed E-state index contributed by atoms with van der Waals surface area (Å²) in [4.78, 5) is 24.6. The molecule has 0 bridgehead atoms. The molecule has 1 heterocycles. The molecule has 0 aliphatic heterocycles. The van der Waals surface area contributed by atoms with Crippen molar-refractivity contribution in [3.8, 4) is 6.07 Å². The number of nitro groups is 1. The summed E-state index contributed by atoms with van der Waals surface area (Å²) < 4.78 is 0. The van der Waals surface area contributed by atoms with E-state index in [0.717, 1.165) is 29.7 Å². The number of hydrogen-bond donors (Lipinski definition) is 1. The molecule has 1 N–H and O–H groups in total. The zero-order chi connectivity index (χ0) is 20.6.